The second kappa shape index (κ2) is 4.84. The molecule has 1 aromatic rings. The van der Waals surface area contributed by atoms with Crippen molar-refractivity contribution >= 4 is 5.91 Å². The van der Waals surface area contributed by atoms with Crippen LogP contribution >= 0.6 is 0 Å². The molecule has 0 fully saturated rings. The normalized spacial score (nSPS) is 13.8. The molecule has 1 amide bonds. The Kier molecular flexibility index (Phi) is 3.74. The van der Waals surface area contributed by atoms with E-state index in [1.54, 1.807) is 0 Å². The Morgan fingerprint density at radius 1 is 1.50 bits per heavy atom. The van der Waals surface area contributed by atoms with Crippen molar-refractivity contribution in [2.75, 3.05) is 6.54 Å². The molecular formula is C11H17NO2. The van der Waals surface area contributed by atoms with Gasteiger partial charge < -0.3 is 9.73 Å². The largest absolute Gasteiger partial charge is 0.465 e. The van der Waals surface area contributed by atoms with Crippen molar-refractivity contribution in [3.8, 4) is 0 Å². The third kappa shape index (κ3) is 1.97. The fourth-order valence-corrected chi connectivity index (χ4v) is 1.42. The Bertz CT molecular complexity index is 315. The lowest BCUT2D eigenvalue weighted by atomic mass is 10.1. The van der Waals surface area contributed by atoms with Gasteiger partial charge in [0.2, 0.25) is 0 Å². The van der Waals surface area contributed by atoms with Crippen LogP contribution in [0.4, 0.5) is 0 Å². The molecule has 0 saturated heterocycles. The number of aryl methyl sites for hydroxylation is 1. The van der Waals surface area contributed by atoms with Crippen LogP contribution in [0.25, 0.3) is 0 Å². The zero-order valence-electron chi connectivity index (χ0n) is 9.02. The molecule has 0 saturated carbocycles. The molecule has 3 nitrogen and oxygen atoms in total. The SMILES string of the molecule is CC.CCc1cc2c(o1)CCNC2=O. The lowest BCUT2D eigenvalue weighted by molar-refractivity contribution is 0.0943. The van der Waals surface area contributed by atoms with E-state index in [2.05, 4.69) is 5.32 Å². The maximum atomic E-state index is 11.2. The first-order valence-corrected chi connectivity index (χ1v) is 5.21. The molecule has 0 atom stereocenters. The van der Waals surface area contributed by atoms with Gasteiger partial charge in [-0.25, -0.2) is 0 Å². The summed E-state index contributed by atoms with van der Waals surface area (Å²) in [5.41, 5.74) is 0.720. The summed E-state index contributed by atoms with van der Waals surface area (Å²) in [6.45, 7) is 6.71. The van der Waals surface area contributed by atoms with Gasteiger partial charge in [0.1, 0.15) is 11.5 Å². The number of fused-ring (bicyclic) bond motifs is 1. The molecule has 2 rings (SSSR count). The fraction of sp³-hybridized carbons (Fsp3) is 0.545. The van der Waals surface area contributed by atoms with Crippen LogP contribution < -0.4 is 5.32 Å². The third-order valence-corrected chi connectivity index (χ3v) is 2.09. The van der Waals surface area contributed by atoms with Crippen molar-refractivity contribution in [3.63, 3.8) is 0 Å². The van der Waals surface area contributed by atoms with Gasteiger partial charge in [-0.3, -0.25) is 4.79 Å². The molecule has 78 valence electrons. The Morgan fingerprint density at radius 3 is 2.79 bits per heavy atom. The molecule has 1 aliphatic heterocycles. The van der Waals surface area contributed by atoms with Crippen LogP contribution in [0.2, 0.25) is 0 Å². The van der Waals surface area contributed by atoms with Crippen LogP contribution in [0.5, 0.6) is 0 Å². The average molecular weight is 195 g/mol. The van der Waals surface area contributed by atoms with Gasteiger partial charge in [0.05, 0.1) is 5.56 Å². The molecule has 0 unspecified atom stereocenters. The molecule has 0 radical (unpaired) electrons. The van der Waals surface area contributed by atoms with Gasteiger partial charge in [-0.2, -0.15) is 0 Å². The minimum absolute atomic E-state index is 0.000278. The zero-order chi connectivity index (χ0) is 10.6. The van der Waals surface area contributed by atoms with Crippen molar-refractivity contribution in [2.24, 2.45) is 0 Å². The summed E-state index contributed by atoms with van der Waals surface area (Å²) in [4.78, 5) is 11.2. The van der Waals surface area contributed by atoms with Crippen LogP contribution in [-0.2, 0) is 12.8 Å². The summed E-state index contributed by atoms with van der Waals surface area (Å²) in [7, 11) is 0. The van der Waals surface area contributed by atoms with Crippen LogP contribution in [0.1, 0.15) is 42.6 Å². The number of carbonyl (C=O) groups excluding carboxylic acids is 1. The number of furan rings is 1. The lowest BCUT2D eigenvalue weighted by Crippen LogP contribution is -2.30. The van der Waals surface area contributed by atoms with E-state index in [-0.39, 0.29) is 5.91 Å². The van der Waals surface area contributed by atoms with Crippen molar-refractivity contribution in [3.05, 3.63) is 23.2 Å². The van der Waals surface area contributed by atoms with Crippen LogP contribution in [0, 0.1) is 0 Å². The number of carbonyl (C=O) groups is 1. The first kappa shape index (κ1) is 10.8. The highest BCUT2D eigenvalue weighted by atomic mass is 16.3. The lowest BCUT2D eigenvalue weighted by Gasteiger charge is -2.09. The van der Waals surface area contributed by atoms with E-state index >= 15 is 0 Å². The molecular weight excluding hydrogens is 178 g/mol. The van der Waals surface area contributed by atoms with E-state index in [0.717, 1.165) is 29.9 Å². The highest BCUT2D eigenvalue weighted by Crippen LogP contribution is 2.18. The van der Waals surface area contributed by atoms with Crippen molar-refractivity contribution in [1.82, 2.24) is 5.32 Å². The molecule has 3 heteroatoms. The Morgan fingerprint density at radius 2 is 2.21 bits per heavy atom. The second-order valence-electron chi connectivity index (χ2n) is 2.91. The molecule has 2 heterocycles. The number of hydrogen-bond acceptors (Lipinski definition) is 2. The molecule has 0 aromatic carbocycles. The van der Waals surface area contributed by atoms with E-state index in [0.29, 0.717) is 6.54 Å². The maximum Gasteiger partial charge on any atom is 0.254 e. The monoisotopic (exact) mass is 195 g/mol. The van der Waals surface area contributed by atoms with Crippen LogP contribution in [-0.4, -0.2) is 12.5 Å². The first-order valence-electron chi connectivity index (χ1n) is 5.21. The quantitative estimate of drug-likeness (QED) is 0.746. The highest BCUT2D eigenvalue weighted by Gasteiger charge is 2.20. The Hall–Kier alpha value is -1.25. The van der Waals surface area contributed by atoms with Gasteiger partial charge in [-0.05, 0) is 6.07 Å². The van der Waals surface area contributed by atoms with E-state index < -0.39 is 0 Å². The minimum Gasteiger partial charge on any atom is -0.465 e. The molecule has 14 heavy (non-hydrogen) atoms. The summed E-state index contributed by atoms with van der Waals surface area (Å²) in [5.74, 6) is 1.74. The maximum absolute atomic E-state index is 11.2. The van der Waals surface area contributed by atoms with E-state index in [1.807, 2.05) is 26.8 Å². The van der Waals surface area contributed by atoms with Gasteiger partial charge in [0.15, 0.2) is 0 Å². The first-order chi connectivity index (χ1) is 6.81. The van der Waals surface area contributed by atoms with Crippen molar-refractivity contribution in [2.45, 2.75) is 33.6 Å². The highest BCUT2D eigenvalue weighted by molar-refractivity contribution is 5.96. The molecule has 1 N–H and O–H groups in total. The molecule has 0 aliphatic carbocycles. The molecule has 0 bridgehead atoms. The number of rotatable bonds is 1. The summed E-state index contributed by atoms with van der Waals surface area (Å²) < 4.78 is 5.46. The summed E-state index contributed by atoms with van der Waals surface area (Å²) >= 11 is 0. The Labute approximate surface area is 84.5 Å². The zero-order valence-corrected chi connectivity index (χ0v) is 9.02. The van der Waals surface area contributed by atoms with Crippen molar-refractivity contribution in [1.29, 1.82) is 0 Å². The van der Waals surface area contributed by atoms with Gasteiger partial charge in [-0.1, -0.05) is 20.8 Å². The topological polar surface area (TPSA) is 42.2 Å². The number of hydrogen-bond donors (Lipinski definition) is 1. The van der Waals surface area contributed by atoms with Gasteiger partial charge >= 0.3 is 0 Å². The van der Waals surface area contributed by atoms with E-state index in [9.17, 15) is 4.79 Å². The van der Waals surface area contributed by atoms with E-state index in [4.69, 9.17) is 4.42 Å². The van der Waals surface area contributed by atoms with Crippen LogP contribution in [0.3, 0.4) is 0 Å². The predicted octanol–water partition coefficient (Wildman–Crippen LogP) is 2.15. The number of nitrogens with one attached hydrogen (secondary N) is 1. The van der Waals surface area contributed by atoms with E-state index in [1.165, 1.54) is 0 Å². The standard InChI is InChI=1S/C9H11NO2.C2H6/c1-2-6-5-7-8(12-6)3-4-10-9(7)11;1-2/h5H,2-4H2,1H3,(H,10,11);1-2H3. The van der Waals surface area contributed by atoms with Gasteiger partial charge in [-0.15, -0.1) is 0 Å². The third-order valence-electron chi connectivity index (χ3n) is 2.09. The summed E-state index contributed by atoms with van der Waals surface area (Å²) in [5, 5.41) is 2.78. The molecule has 1 aliphatic rings. The average Bonchev–Trinajstić information content (AvgIpc) is 2.65. The van der Waals surface area contributed by atoms with Crippen LogP contribution in [0.15, 0.2) is 10.5 Å². The predicted molar refractivity (Wildman–Crippen MR) is 55.5 cm³/mol. The summed E-state index contributed by atoms with van der Waals surface area (Å²) in [6, 6.07) is 1.84. The van der Waals surface area contributed by atoms with Gasteiger partial charge in [0.25, 0.3) is 5.91 Å². The summed E-state index contributed by atoms with van der Waals surface area (Å²) in [6.07, 6.45) is 1.67. The Balaban J connectivity index is 0.000000461. The second-order valence-corrected chi connectivity index (χ2v) is 2.91. The number of amides is 1. The minimum atomic E-state index is -0.000278. The van der Waals surface area contributed by atoms with Crippen molar-refractivity contribution < 1.29 is 9.21 Å². The molecule has 0 spiro atoms. The smallest absolute Gasteiger partial charge is 0.254 e. The fourth-order valence-electron chi connectivity index (χ4n) is 1.42. The molecule has 1 aromatic heterocycles. The van der Waals surface area contributed by atoms with Gasteiger partial charge in [0, 0.05) is 19.4 Å².